The van der Waals surface area contributed by atoms with E-state index >= 15 is 0 Å². The predicted molar refractivity (Wildman–Crippen MR) is 137 cm³/mol. The van der Waals surface area contributed by atoms with E-state index in [0.29, 0.717) is 44.3 Å². The number of nitrogens with one attached hydrogen (secondary N) is 1. The molecule has 1 heterocycles. The summed E-state index contributed by atoms with van der Waals surface area (Å²) in [5.41, 5.74) is 3.26. The fraction of sp³-hybridized carbons (Fsp3) is 0.192. The highest BCUT2D eigenvalue weighted by atomic mass is 32.1. The summed E-state index contributed by atoms with van der Waals surface area (Å²) in [5.74, 6) is 0.0435. The van der Waals surface area contributed by atoms with E-state index in [9.17, 15) is 9.90 Å². The van der Waals surface area contributed by atoms with E-state index in [-0.39, 0.29) is 19.1 Å². The Morgan fingerprint density at radius 2 is 2.00 bits per heavy atom. The zero-order valence-corrected chi connectivity index (χ0v) is 19.3. The highest BCUT2D eigenvalue weighted by Crippen LogP contribution is 2.30. The van der Waals surface area contributed by atoms with Gasteiger partial charge in [-0.3, -0.25) is 10.1 Å². The van der Waals surface area contributed by atoms with Crippen LogP contribution in [0.15, 0.2) is 89.5 Å². The standard InChI is InChI=1S/C25H25N3O3S.CH4/c1-7-18(19(11-15(3)4)20(12-16(5)29)22(8-2)31-6)24(30)28-25-27-21-10-9-17(14-26)13-23(21)32-25;/h7-13,29H,2-3H2,1,4-6H3,(H,27,28,30);1H4/b16-12+,18-7+,19-11+,22-20-;. The largest absolute Gasteiger partial charge is 0.513 e. The monoisotopic (exact) mass is 463 g/mol. The second-order valence-corrected chi connectivity index (χ2v) is 7.88. The van der Waals surface area contributed by atoms with Crippen molar-refractivity contribution in [2.45, 2.75) is 28.2 Å². The average Bonchev–Trinajstić information content (AvgIpc) is 3.14. The number of aliphatic hydroxyl groups is 1. The molecule has 6 nitrogen and oxygen atoms in total. The second kappa shape index (κ2) is 12.2. The predicted octanol–water partition coefficient (Wildman–Crippen LogP) is 6.74. The summed E-state index contributed by atoms with van der Waals surface area (Å²) >= 11 is 1.28. The molecule has 172 valence electrons. The molecule has 33 heavy (non-hydrogen) atoms. The topological polar surface area (TPSA) is 95.2 Å². The lowest BCUT2D eigenvalue weighted by Crippen LogP contribution is -2.17. The van der Waals surface area contributed by atoms with Crippen LogP contribution >= 0.6 is 11.3 Å². The number of rotatable bonds is 8. The van der Waals surface area contributed by atoms with Crippen molar-refractivity contribution >= 4 is 32.6 Å². The number of anilines is 1. The number of aliphatic hydroxyl groups excluding tert-OH is 1. The molecule has 0 bridgehead atoms. The number of hydrogen-bond acceptors (Lipinski definition) is 6. The molecule has 2 rings (SSSR count). The minimum atomic E-state index is -0.388. The van der Waals surface area contributed by atoms with Gasteiger partial charge in [0, 0.05) is 11.1 Å². The Hall–Kier alpha value is -3.89. The van der Waals surface area contributed by atoms with E-state index in [4.69, 9.17) is 10.00 Å². The van der Waals surface area contributed by atoms with Gasteiger partial charge in [0.15, 0.2) is 5.13 Å². The van der Waals surface area contributed by atoms with Gasteiger partial charge < -0.3 is 9.84 Å². The van der Waals surface area contributed by atoms with Crippen LogP contribution in [0.4, 0.5) is 5.13 Å². The third-order valence-corrected chi connectivity index (χ3v) is 5.20. The first-order valence-corrected chi connectivity index (χ1v) is 10.5. The maximum Gasteiger partial charge on any atom is 0.257 e. The summed E-state index contributed by atoms with van der Waals surface area (Å²) in [6.45, 7) is 12.8. The molecule has 2 N–H and O–H groups in total. The molecule has 7 heteroatoms. The molecule has 0 radical (unpaired) electrons. The third-order valence-electron chi connectivity index (χ3n) is 4.27. The number of methoxy groups -OCH3 is 1. The summed E-state index contributed by atoms with van der Waals surface area (Å²) in [5, 5.41) is 22.3. The fourth-order valence-corrected chi connectivity index (χ4v) is 3.86. The minimum Gasteiger partial charge on any atom is -0.513 e. The zero-order chi connectivity index (χ0) is 23.8. The number of ether oxygens (including phenoxy) is 1. The Morgan fingerprint density at radius 1 is 1.30 bits per heavy atom. The Morgan fingerprint density at radius 3 is 2.52 bits per heavy atom. The molecule has 0 unspecified atom stereocenters. The Bertz CT molecular complexity index is 1230. The number of benzene rings is 1. The Labute approximate surface area is 199 Å². The summed E-state index contributed by atoms with van der Waals surface area (Å²) in [4.78, 5) is 17.7. The van der Waals surface area contributed by atoms with Gasteiger partial charge in [0.05, 0.1) is 34.7 Å². The second-order valence-electron chi connectivity index (χ2n) is 6.85. The lowest BCUT2D eigenvalue weighted by Gasteiger charge is -2.16. The molecule has 0 saturated heterocycles. The van der Waals surface area contributed by atoms with E-state index in [1.807, 2.05) is 0 Å². The first kappa shape index (κ1) is 27.1. The molecular formula is C26H29N3O3S. The van der Waals surface area contributed by atoms with Crippen molar-refractivity contribution in [1.29, 1.82) is 5.26 Å². The Kier molecular flexibility index (Phi) is 10.1. The highest BCUT2D eigenvalue weighted by molar-refractivity contribution is 7.22. The number of amides is 1. The first-order valence-electron chi connectivity index (χ1n) is 9.68. The van der Waals surface area contributed by atoms with Gasteiger partial charge >= 0.3 is 0 Å². The maximum absolute atomic E-state index is 13.2. The number of carbonyl (C=O) groups excluding carboxylic acids is 1. The Balaban J connectivity index is 0.00000544. The van der Waals surface area contributed by atoms with Gasteiger partial charge in [0.2, 0.25) is 0 Å². The molecule has 0 saturated carbocycles. The van der Waals surface area contributed by atoms with Crippen molar-refractivity contribution < 1.29 is 14.6 Å². The van der Waals surface area contributed by atoms with E-state index in [2.05, 4.69) is 29.5 Å². The highest BCUT2D eigenvalue weighted by Gasteiger charge is 2.21. The maximum atomic E-state index is 13.2. The molecular weight excluding hydrogens is 434 g/mol. The summed E-state index contributed by atoms with van der Waals surface area (Å²) in [7, 11) is 1.49. The van der Waals surface area contributed by atoms with Gasteiger partial charge in [-0.15, -0.1) is 0 Å². The van der Waals surface area contributed by atoms with Crippen LogP contribution in [-0.4, -0.2) is 23.1 Å². The molecule has 1 aromatic heterocycles. The smallest absolute Gasteiger partial charge is 0.257 e. The van der Waals surface area contributed by atoms with Crippen LogP contribution in [-0.2, 0) is 9.53 Å². The number of carbonyl (C=O) groups is 1. The van der Waals surface area contributed by atoms with Crippen LogP contribution in [0.5, 0.6) is 0 Å². The van der Waals surface area contributed by atoms with Crippen LogP contribution in [0.3, 0.4) is 0 Å². The van der Waals surface area contributed by atoms with Crippen molar-refractivity contribution in [2.75, 3.05) is 12.4 Å². The SMILES string of the molecule is C.C=C/C(OC)=C(\C=C(/C)O)C(=C/C(=C)C)/C(=C\C)C(=O)Nc1nc2ccc(C#N)cc2s1. The van der Waals surface area contributed by atoms with Gasteiger partial charge in [-0.25, -0.2) is 4.98 Å². The van der Waals surface area contributed by atoms with Crippen molar-refractivity contribution in [2.24, 2.45) is 0 Å². The quantitative estimate of drug-likeness (QED) is 0.257. The van der Waals surface area contributed by atoms with Crippen molar-refractivity contribution in [3.63, 3.8) is 0 Å². The first-order chi connectivity index (χ1) is 15.2. The molecule has 0 fully saturated rings. The lowest BCUT2D eigenvalue weighted by molar-refractivity contribution is -0.112. The number of nitriles is 1. The van der Waals surface area contributed by atoms with E-state index in [1.165, 1.54) is 37.5 Å². The van der Waals surface area contributed by atoms with Crippen LogP contribution in [0, 0.1) is 11.3 Å². The van der Waals surface area contributed by atoms with E-state index in [1.54, 1.807) is 44.2 Å². The lowest BCUT2D eigenvalue weighted by atomic mass is 9.93. The van der Waals surface area contributed by atoms with Crippen LogP contribution in [0.25, 0.3) is 10.2 Å². The summed E-state index contributed by atoms with van der Waals surface area (Å²) < 4.78 is 6.22. The molecule has 0 aliphatic rings. The number of hydrogen-bond donors (Lipinski definition) is 2. The van der Waals surface area contributed by atoms with Crippen LogP contribution in [0.1, 0.15) is 33.8 Å². The van der Waals surface area contributed by atoms with E-state index < -0.39 is 0 Å². The van der Waals surface area contributed by atoms with Crippen molar-refractivity contribution in [3.05, 3.63) is 95.0 Å². The van der Waals surface area contributed by atoms with Crippen LogP contribution in [0.2, 0.25) is 0 Å². The molecule has 0 atom stereocenters. The fourth-order valence-electron chi connectivity index (χ4n) is 2.96. The van der Waals surface area contributed by atoms with Gasteiger partial charge in [0.25, 0.3) is 5.91 Å². The average molecular weight is 464 g/mol. The third kappa shape index (κ3) is 6.79. The van der Waals surface area contributed by atoms with Gasteiger partial charge in [-0.05, 0) is 56.7 Å². The molecule has 2 aromatic rings. The zero-order valence-electron chi connectivity index (χ0n) is 18.5. The van der Waals surface area contributed by atoms with Gasteiger partial charge in [-0.1, -0.05) is 49.6 Å². The number of nitrogens with zero attached hydrogens (tertiary/aromatic N) is 2. The minimum absolute atomic E-state index is 0. The molecule has 0 aliphatic carbocycles. The molecule has 0 aliphatic heterocycles. The molecule has 0 spiro atoms. The van der Waals surface area contributed by atoms with E-state index in [0.717, 1.165) is 4.70 Å². The summed E-state index contributed by atoms with van der Waals surface area (Å²) in [6, 6.07) is 7.25. The molecule has 1 aromatic carbocycles. The van der Waals surface area contributed by atoms with Crippen molar-refractivity contribution in [3.8, 4) is 6.07 Å². The number of aromatic nitrogens is 1. The van der Waals surface area contributed by atoms with Gasteiger partial charge in [-0.2, -0.15) is 5.26 Å². The van der Waals surface area contributed by atoms with Crippen molar-refractivity contribution in [1.82, 2.24) is 4.98 Å². The normalized spacial score (nSPS) is 12.9. The summed E-state index contributed by atoms with van der Waals surface area (Å²) in [6.07, 6.45) is 6.42. The number of thiazole rings is 1. The van der Waals surface area contributed by atoms with Gasteiger partial charge in [0.1, 0.15) is 5.76 Å². The number of allylic oxidation sites excluding steroid dienone is 7. The van der Waals surface area contributed by atoms with Crippen LogP contribution < -0.4 is 5.32 Å². The number of fused-ring (bicyclic) bond motifs is 1. The molecule has 1 amide bonds.